The maximum atomic E-state index is 12.7. The van der Waals surface area contributed by atoms with Gasteiger partial charge in [-0.3, -0.25) is 4.79 Å². The largest absolute Gasteiger partial charge is 0.493 e. The van der Waals surface area contributed by atoms with Crippen molar-refractivity contribution >= 4 is 39.7 Å². The summed E-state index contributed by atoms with van der Waals surface area (Å²) >= 11 is 1.16. The highest BCUT2D eigenvalue weighted by molar-refractivity contribution is 7.20. The number of hydrogen-bond donors (Lipinski definition) is 1. The number of nitrogens with zero attached hydrogens (tertiary/aromatic N) is 1. The minimum Gasteiger partial charge on any atom is -0.493 e. The van der Waals surface area contributed by atoms with Crippen molar-refractivity contribution in [3.05, 3.63) is 86.3 Å². The quantitative estimate of drug-likeness (QED) is 0.350. The maximum Gasteiger partial charge on any atom is 0.348 e. The highest BCUT2D eigenvalue weighted by Gasteiger charge is 2.19. The third-order valence-corrected chi connectivity index (χ3v) is 6.30. The highest BCUT2D eigenvalue weighted by atomic mass is 32.1. The summed E-state index contributed by atoms with van der Waals surface area (Å²) in [6.45, 7) is 4.15. The van der Waals surface area contributed by atoms with E-state index in [0.717, 1.165) is 22.5 Å². The zero-order valence-electron chi connectivity index (χ0n) is 19.1. The van der Waals surface area contributed by atoms with Crippen LogP contribution in [0.2, 0.25) is 0 Å². The minimum absolute atomic E-state index is 0.267. The number of esters is 1. The van der Waals surface area contributed by atoms with Gasteiger partial charge < -0.3 is 19.2 Å². The molecule has 7 nitrogen and oxygen atoms in total. The van der Waals surface area contributed by atoms with Gasteiger partial charge in [0.1, 0.15) is 22.1 Å². The molecular formula is C26H24N2O5S. The summed E-state index contributed by atoms with van der Waals surface area (Å²) in [7, 11) is 1.59. The number of thiophene rings is 1. The summed E-state index contributed by atoms with van der Waals surface area (Å²) in [5, 5.41) is 0.409. The third-order valence-electron chi connectivity index (χ3n) is 5.14. The number of H-pyrrole nitrogens is 1. The Bertz CT molecular complexity index is 1410. The van der Waals surface area contributed by atoms with Gasteiger partial charge in [-0.25, -0.2) is 9.78 Å². The molecule has 0 bridgehead atoms. The number of benzene rings is 2. The van der Waals surface area contributed by atoms with E-state index in [-0.39, 0.29) is 12.2 Å². The molecule has 0 atom stereocenters. The van der Waals surface area contributed by atoms with Gasteiger partial charge in [-0.1, -0.05) is 42.5 Å². The first kappa shape index (κ1) is 23.3. The Balaban J connectivity index is 1.59. The fourth-order valence-electron chi connectivity index (χ4n) is 3.45. The molecule has 0 amide bonds. The van der Waals surface area contributed by atoms with E-state index in [1.165, 1.54) is 0 Å². The van der Waals surface area contributed by atoms with Gasteiger partial charge in [0.15, 0.2) is 11.5 Å². The van der Waals surface area contributed by atoms with E-state index < -0.39 is 5.97 Å². The molecule has 0 spiro atoms. The molecule has 1 N–H and O–H groups in total. The average molecular weight is 477 g/mol. The number of hydrogen-bond acceptors (Lipinski definition) is 7. The summed E-state index contributed by atoms with van der Waals surface area (Å²) in [6.07, 6.45) is 3.54. The van der Waals surface area contributed by atoms with Gasteiger partial charge in [0, 0.05) is 0 Å². The van der Waals surface area contributed by atoms with E-state index in [1.807, 2.05) is 54.6 Å². The van der Waals surface area contributed by atoms with Gasteiger partial charge in [-0.15, -0.1) is 11.3 Å². The fraction of sp³-hybridized carbons (Fsp3) is 0.192. The number of methoxy groups -OCH3 is 1. The van der Waals surface area contributed by atoms with Crippen molar-refractivity contribution in [3.63, 3.8) is 0 Å². The summed E-state index contributed by atoms with van der Waals surface area (Å²) in [6, 6.07) is 15.4. The molecule has 2 aromatic carbocycles. The Morgan fingerprint density at radius 2 is 1.91 bits per heavy atom. The lowest BCUT2D eigenvalue weighted by atomic mass is 10.1. The van der Waals surface area contributed by atoms with Gasteiger partial charge >= 0.3 is 5.97 Å². The molecule has 174 valence electrons. The number of aromatic nitrogens is 2. The Kier molecular flexibility index (Phi) is 7.08. The second kappa shape index (κ2) is 10.4. The van der Waals surface area contributed by atoms with Crippen LogP contribution in [0.4, 0.5) is 0 Å². The van der Waals surface area contributed by atoms with Crippen LogP contribution in [0.15, 0.2) is 53.3 Å². The molecule has 8 heteroatoms. The van der Waals surface area contributed by atoms with Gasteiger partial charge in [0.05, 0.1) is 19.1 Å². The molecule has 34 heavy (non-hydrogen) atoms. The van der Waals surface area contributed by atoms with E-state index in [4.69, 9.17) is 14.2 Å². The minimum atomic E-state index is -0.444. The van der Waals surface area contributed by atoms with E-state index in [9.17, 15) is 9.59 Å². The van der Waals surface area contributed by atoms with Crippen molar-refractivity contribution < 1.29 is 19.0 Å². The molecule has 2 aromatic heterocycles. The number of aryl methyl sites for hydroxylation is 1. The van der Waals surface area contributed by atoms with Crippen LogP contribution in [0.25, 0.3) is 22.4 Å². The van der Waals surface area contributed by atoms with E-state index in [2.05, 4.69) is 9.97 Å². The maximum absolute atomic E-state index is 12.7. The van der Waals surface area contributed by atoms with Crippen molar-refractivity contribution in [1.82, 2.24) is 9.97 Å². The number of nitrogens with one attached hydrogen (secondary N) is 1. The highest BCUT2D eigenvalue weighted by Crippen LogP contribution is 2.30. The molecule has 0 fully saturated rings. The SMILES string of the molecule is CCOC(=O)c1sc2nc(C=Cc3ccc(OC)c(OCc4ccccc4)c3)[nH]c(=O)c2c1C. The fourth-order valence-corrected chi connectivity index (χ4v) is 4.53. The molecule has 0 radical (unpaired) electrons. The predicted octanol–water partition coefficient (Wildman–Crippen LogP) is 5.23. The van der Waals surface area contributed by atoms with Crippen LogP contribution in [0.1, 0.15) is 39.1 Å². The summed E-state index contributed by atoms with van der Waals surface area (Å²) in [4.78, 5) is 33.0. The smallest absolute Gasteiger partial charge is 0.348 e. The van der Waals surface area contributed by atoms with Crippen molar-refractivity contribution in [2.75, 3.05) is 13.7 Å². The lowest BCUT2D eigenvalue weighted by Crippen LogP contribution is -2.10. The number of ether oxygens (including phenoxy) is 3. The van der Waals surface area contributed by atoms with Gasteiger partial charge in [-0.2, -0.15) is 0 Å². The Morgan fingerprint density at radius 1 is 1.12 bits per heavy atom. The summed E-state index contributed by atoms with van der Waals surface area (Å²) < 4.78 is 16.5. The Morgan fingerprint density at radius 3 is 2.65 bits per heavy atom. The van der Waals surface area contributed by atoms with Crippen LogP contribution in [0.3, 0.4) is 0 Å². The van der Waals surface area contributed by atoms with Gasteiger partial charge in [0.2, 0.25) is 0 Å². The van der Waals surface area contributed by atoms with Crippen molar-refractivity contribution in [2.24, 2.45) is 0 Å². The third kappa shape index (κ3) is 5.02. The standard InChI is InChI=1S/C26H24N2O5S/c1-4-32-26(30)23-16(2)22-24(29)27-21(28-25(22)34-23)13-11-17-10-12-19(31-3)20(14-17)33-15-18-8-6-5-7-9-18/h5-14H,4,15H2,1-3H3,(H,27,28,29). The van der Waals surface area contributed by atoms with E-state index in [0.29, 0.717) is 44.6 Å². The Hall–Kier alpha value is -3.91. The number of fused-ring (bicyclic) bond motifs is 1. The molecule has 0 unspecified atom stereocenters. The summed E-state index contributed by atoms with van der Waals surface area (Å²) in [5.74, 6) is 1.18. The number of rotatable bonds is 8. The van der Waals surface area contributed by atoms with E-state index >= 15 is 0 Å². The van der Waals surface area contributed by atoms with Crippen LogP contribution in [0.5, 0.6) is 11.5 Å². The molecule has 2 heterocycles. The zero-order valence-corrected chi connectivity index (χ0v) is 19.9. The molecule has 4 aromatic rings. The molecule has 4 rings (SSSR count). The second-order valence-electron chi connectivity index (χ2n) is 7.43. The van der Waals surface area contributed by atoms with Crippen molar-refractivity contribution in [2.45, 2.75) is 20.5 Å². The van der Waals surface area contributed by atoms with E-state index in [1.54, 1.807) is 27.0 Å². The molecule has 0 aliphatic carbocycles. The molecular weight excluding hydrogens is 452 g/mol. The Labute approximate surface area is 200 Å². The molecule has 0 saturated carbocycles. The first-order chi connectivity index (χ1) is 16.5. The molecule has 0 aliphatic heterocycles. The van der Waals surface area contributed by atoms with Gasteiger partial charge in [-0.05, 0) is 48.7 Å². The van der Waals surface area contributed by atoms with Crippen molar-refractivity contribution in [1.29, 1.82) is 0 Å². The normalized spacial score (nSPS) is 11.1. The number of carbonyl (C=O) groups is 1. The first-order valence-electron chi connectivity index (χ1n) is 10.7. The number of aromatic amines is 1. The first-order valence-corrected chi connectivity index (χ1v) is 11.5. The van der Waals surface area contributed by atoms with Crippen LogP contribution < -0.4 is 15.0 Å². The van der Waals surface area contributed by atoms with Crippen LogP contribution >= 0.6 is 11.3 Å². The van der Waals surface area contributed by atoms with Crippen LogP contribution in [0, 0.1) is 6.92 Å². The zero-order chi connectivity index (χ0) is 24.1. The lowest BCUT2D eigenvalue weighted by Gasteiger charge is -2.11. The van der Waals surface area contributed by atoms with Gasteiger partial charge in [0.25, 0.3) is 5.56 Å². The van der Waals surface area contributed by atoms with Crippen LogP contribution in [-0.2, 0) is 11.3 Å². The topological polar surface area (TPSA) is 90.5 Å². The number of carbonyl (C=O) groups excluding carboxylic acids is 1. The lowest BCUT2D eigenvalue weighted by molar-refractivity contribution is 0.0531. The molecule has 0 saturated heterocycles. The second-order valence-corrected chi connectivity index (χ2v) is 8.42. The predicted molar refractivity (Wildman–Crippen MR) is 134 cm³/mol. The average Bonchev–Trinajstić information content (AvgIpc) is 3.19. The summed E-state index contributed by atoms with van der Waals surface area (Å²) in [5.41, 5.74) is 2.18. The van der Waals surface area contributed by atoms with Crippen molar-refractivity contribution in [3.8, 4) is 11.5 Å². The monoisotopic (exact) mass is 476 g/mol. The molecule has 0 aliphatic rings. The van der Waals surface area contributed by atoms with Crippen LogP contribution in [-0.4, -0.2) is 29.7 Å².